The summed E-state index contributed by atoms with van der Waals surface area (Å²) in [7, 11) is -2.34. The normalized spacial score (nSPS) is 12.5. The lowest BCUT2D eigenvalue weighted by molar-refractivity contribution is 0.500. The summed E-state index contributed by atoms with van der Waals surface area (Å²) in [6, 6.07) is 3.40. The molecule has 0 aliphatic carbocycles. The number of benzene rings is 1. The largest absolute Gasteiger partial charge is 0.385 e. The Labute approximate surface area is 116 Å². The quantitative estimate of drug-likeness (QED) is 0.467. The molecule has 7 heteroatoms. The molecule has 1 atom stereocenters. The second-order valence-corrected chi connectivity index (χ2v) is 6.01. The van der Waals surface area contributed by atoms with Crippen molar-refractivity contribution in [1.82, 2.24) is 0 Å². The van der Waals surface area contributed by atoms with Crippen molar-refractivity contribution in [3.8, 4) is 0 Å². The summed E-state index contributed by atoms with van der Waals surface area (Å²) in [6.07, 6.45) is 1.90. The molecule has 1 unspecified atom stereocenters. The van der Waals surface area contributed by atoms with Gasteiger partial charge in [0.1, 0.15) is 0 Å². The highest BCUT2D eigenvalue weighted by molar-refractivity contribution is 7.37. The summed E-state index contributed by atoms with van der Waals surface area (Å²) >= 11 is 17.6. The summed E-state index contributed by atoms with van der Waals surface area (Å²) in [5.74, 6) is 0. The van der Waals surface area contributed by atoms with Crippen molar-refractivity contribution in [2.75, 3.05) is 18.0 Å². The number of anilines is 1. The van der Waals surface area contributed by atoms with Crippen LogP contribution in [0.3, 0.4) is 0 Å². The van der Waals surface area contributed by atoms with Crippen LogP contribution in [0.1, 0.15) is 12.8 Å². The summed E-state index contributed by atoms with van der Waals surface area (Å²) in [5.41, 5.74) is 0.793. The predicted molar refractivity (Wildman–Crippen MR) is 75.3 cm³/mol. The molecule has 96 valence electrons. The maximum atomic E-state index is 10.5. The van der Waals surface area contributed by atoms with Crippen LogP contribution in [0.25, 0.3) is 0 Å². The number of hydrogen-bond acceptors (Lipinski definition) is 2. The van der Waals surface area contributed by atoms with Gasteiger partial charge in [0.25, 0.3) is 0 Å². The predicted octanol–water partition coefficient (Wildman–Crippen LogP) is 4.31. The van der Waals surface area contributed by atoms with E-state index in [1.54, 1.807) is 12.1 Å². The molecule has 0 amide bonds. The minimum Gasteiger partial charge on any atom is -0.385 e. The van der Waals surface area contributed by atoms with Gasteiger partial charge in [-0.05, 0) is 25.0 Å². The SMILES string of the molecule is O=[PH](O)CCCCNc1cc(Cl)c(Cl)c(Cl)c1. The Morgan fingerprint density at radius 2 is 1.76 bits per heavy atom. The van der Waals surface area contributed by atoms with Gasteiger partial charge in [0, 0.05) is 18.4 Å². The van der Waals surface area contributed by atoms with E-state index in [2.05, 4.69) is 5.32 Å². The molecule has 2 N–H and O–H groups in total. The van der Waals surface area contributed by atoms with E-state index >= 15 is 0 Å². The van der Waals surface area contributed by atoms with Gasteiger partial charge in [-0.2, -0.15) is 0 Å². The highest BCUT2D eigenvalue weighted by Gasteiger charge is 2.05. The first-order valence-corrected chi connectivity index (χ1v) is 7.80. The molecule has 0 saturated carbocycles. The molecule has 1 rings (SSSR count). The van der Waals surface area contributed by atoms with Crippen LogP contribution in [0.5, 0.6) is 0 Å². The first-order valence-electron chi connectivity index (χ1n) is 5.11. The van der Waals surface area contributed by atoms with Crippen LogP contribution in [0.15, 0.2) is 12.1 Å². The van der Waals surface area contributed by atoms with Gasteiger partial charge >= 0.3 is 0 Å². The molecule has 0 aliphatic heterocycles. The monoisotopic (exact) mass is 315 g/mol. The molecule has 0 aromatic heterocycles. The Kier molecular flexibility index (Phi) is 6.68. The number of hydrogen-bond donors (Lipinski definition) is 2. The number of rotatable bonds is 6. The van der Waals surface area contributed by atoms with Crippen LogP contribution in [-0.2, 0) is 4.57 Å². The zero-order chi connectivity index (χ0) is 12.8. The molecule has 17 heavy (non-hydrogen) atoms. The van der Waals surface area contributed by atoms with Crippen molar-refractivity contribution in [2.24, 2.45) is 0 Å². The van der Waals surface area contributed by atoms with E-state index in [9.17, 15) is 4.57 Å². The van der Waals surface area contributed by atoms with Crippen LogP contribution < -0.4 is 5.32 Å². The maximum absolute atomic E-state index is 10.5. The van der Waals surface area contributed by atoms with Crippen LogP contribution in [0.4, 0.5) is 5.69 Å². The van der Waals surface area contributed by atoms with Crippen LogP contribution in [0, 0.1) is 0 Å². The number of nitrogens with one attached hydrogen (secondary N) is 1. The Hall–Kier alpha value is 0.0800. The fourth-order valence-electron chi connectivity index (χ4n) is 1.29. The molecule has 0 aliphatic rings. The van der Waals surface area contributed by atoms with Gasteiger partial charge in [-0.1, -0.05) is 34.8 Å². The van der Waals surface area contributed by atoms with Gasteiger partial charge in [-0.3, -0.25) is 4.57 Å². The van der Waals surface area contributed by atoms with E-state index in [1.807, 2.05) is 0 Å². The second kappa shape index (κ2) is 7.50. The third-order valence-electron chi connectivity index (χ3n) is 2.13. The lowest BCUT2D eigenvalue weighted by Gasteiger charge is -2.08. The van der Waals surface area contributed by atoms with Gasteiger partial charge in [0.2, 0.25) is 0 Å². The first kappa shape index (κ1) is 15.1. The zero-order valence-electron chi connectivity index (χ0n) is 8.97. The lowest BCUT2D eigenvalue weighted by Crippen LogP contribution is -2.02. The minimum atomic E-state index is -2.34. The van der Waals surface area contributed by atoms with Gasteiger partial charge in [0.15, 0.2) is 8.03 Å². The average Bonchev–Trinajstić information content (AvgIpc) is 2.25. The van der Waals surface area contributed by atoms with E-state index in [0.29, 0.717) is 27.8 Å². The molecule has 0 heterocycles. The Bertz CT molecular complexity index is 392. The van der Waals surface area contributed by atoms with Gasteiger partial charge < -0.3 is 10.2 Å². The van der Waals surface area contributed by atoms with Gasteiger partial charge in [-0.15, -0.1) is 0 Å². The molecule has 1 aromatic rings. The topological polar surface area (TPSA) is 49.3 Å². The summed E-state index contributed by atoms with van der Waals surface area (Å²) in [6.45, 7) is 0.698. The molecular formula is C10H13Cl3NO2P. The highest BCUT2D eigenvalue weighted by atomic mass is 35.5. The number of halogens is 3. The van der Waals surface area contributed by atoms with Gasteiger partial charge in [-0.25, -0.2) is 0 Å². The second-order valence-electron chi connectivity index (χ2n) is 3.53. The minimum absolute atomic E-state index is 0.345. The van der Waals surface area contributed by atoms with Crippen molar-refractivity contribution in [1.29, 1.82) is 0 Å². The van der Waals surface area contributed by atoms with Crippen LogP contribution in [0.2, 0.25) is 15.1 Å². The molecule has 0 spiro atoms. The fourth-order valence-corrected chi connectivity index (χ4v) is 2.44. The Morgan fingerprint density at radius 1 is 1.18 bits per heavy atom. The van der Waals surface area contributed by atoms with Crippen molar-refractivity contribution >= 4 is 48.5 Å². The van der Waals surface area contributed by atoms with Crippen molar-refractivity contribution in [3.05, 3.63) is 27.2 Å². The first-order chi connectivity index (χ1) is 8.00. The molecule has 0 radical (unpaired) electrons. The highest BCUT2D eigenvalue weighted by Crippen LogP contribution is 2.33. The van der Waals surface area contributed by atoms with Gasteiger partial charge in [0.05, 0.1) is 15.1 Å². The van der Waals surface area contributed by atoms with E-state index in [1.165, 1.54) is 0 Å². The number of unbranched alkanes of at least 4 members (excludes halogenated alkanes) is 1. The molecule has 3 nitrogen and oxygen atoms in total. The summed E-state index contributed by atoms with van der Waals surface area (Å²) in [5, 5.41) is 4.28. The molecule has 0 bridgehead atoms. The molecular weight excluding hydrogens is 303 g/mol. The van der Waals surface area contributed by atoms with Crippen LogP contribution in [-0.4, -0.2) is 17.6 Å². The standard InChI is InChI=1S/C10H13Cl3NO2P/c11-8-5-7(6-9(12)10(8)13)14-3-1-2-4-17(15)16/h5-6,14,17H,1-4H2,(H,15,16). The smallest absolute Gasteiger partial charge is 0.189 e. The lowest BCUT2D eigenvalue weighted by atomic mass is 10.3. The summed E-state index contributed by atoms with van der Waals surface area (Å²) in [4.78, 5) is 8.65. The Morgan fingerprint density at radius 3 is 2.29 bits per heavy atom. The Balaban J connectivity index is 2.39. The summed E-state index contributed by atoms with van der Waals surface area (Å²) < 4.78 is 10.5. The third kappa shape index (κ3) is 5.50. The van der Waals surface area contributed by atoms with E-state index in [4.69, 9.17) is 39.7 Å². The molecule has 0 saturated heterocycles. The zero-order valence-corrected chi connectivity index (χ0v) is 12.2. The fraction of sp³-hybridized carbons (Fsp3) is 0.400. The average molecular weight is 317 g/mol. The van der Waals surface area contributed by atoms with Crippen molar-refractivity contribution in [2.45, 2.75) is 12.8 Å². The van der Waals surface area contributed by atoms with Crippen molar-refractivity contribution in [3.63, 3.8) is 0 Å². The van der Waals surface area contributed by atoms with Crippen LogP contribution >= 0.6 is 42.8 Å². The van der Waals surface area contributed by atoms with E-state index < -0.39 is 8.03 Å². The third-order valence-corrected chi connectivity index (χ3v) is 4.11. The molecule has 1 aromatic carbocycles. The van der Waals surface area contributed by atoms with E-state index in [-0.39, 0.29) is 0 Å². The molecule has 0 fully saturated rings. The van der Waals surface area contributed by atoms with E-state index in [0.717, 1.165) is 18.5 Å². The maximum Gasteiger partial charge on any atom is 0.189 e. The van der Waals surface area contributed by atoms with Crippen molar-refractivity contribution < 1.29 is 9.46 Å².